The van der Waals surface area contributed by atoms with Crippen LogP contribution in [0.2, 0.25) is 0 Å². The first-order chi connectivity index (χ1) is 12.7. The van der Waals surface area contributed by atoms with Gasteiger partial charge in [0, 0.05) is 31.6 Å². The van der Waals surface area contributed by atoms with E-state index in [1.807, 2.05) is 23.1 Å². The van der Waals surface area contributed by atoms with Crippen molar-refractivity contribution in [3.8, 4) is 11.5 Å². The molecule has 0 unspecified atom stereocenters. The predicted molar refractivity (Wildman–Crippen MR) is 97.6 cm³/mol. The summed E-state index contributed by atoms with van der Waals surface area (Å²) >= 11 is 0. The Bertz CT molecular complexity index is 780. The van der Waals surface area contributed by atoms with E-state index in [0.29, 0.717) is 30.8 Å². The summed E-state index contributed by atoms with van der Waals surface area (Å²) < 4.78 is 25.1. The first-order valence-corrected chi connectivity index (χ1v) is 9.04. The molecule has 0 spiro atoms. The number of methoxy groups -OCH3 is 1. The van der Waals surface area contributed by atoms with Gasteiger partial charge in [-0.05, 0) is 30.9 Å². The highest BCUT2D eigenvalue weighted by Gasteiger charge is 2.22. The van der Waals surface area contributed by atoms with Crippen LogP contribution in [0.1, 0.15) is 18.4 Å². The summed E-state index contributed by atoms with van der Waals surface area (Å²) in [5, 5.41) is 3.24. The van der Waals surface area contributed by atoms with E-state index in [1.165, 1.54) is 11.8 Å². The second kappa shape index (κ2) is 7.35. The van der Waals surface area contributed by atoms with Gasteiger partial charge in [-0.25, -0.2) is 9.37 Å². The Kier molecular flexibility index (Phi) is 4.77. The highest BCUT2D eigenvalue weighted by Crippen LogP contribution is 2.31. The van der Waals surface area contributed by atoms with Gasteiger partial charge >= 0.3 is 0 Å². The quantitative estimate of drug-likeness (QED) is 0.887. The largest absolute Gasteiger partial charge is 0.497 e. The number of anilines is 2. The molecular weight excluding hydrogens is 335 g/mol. The van der Waals surface area contributed by atoms with Crippen LogP contribution in [0.4, 0.5) is 16.2 Å². The molecule has 1 saturated heterocycles. The first kappa shape index (κ1) is 16.9. The van der Waals surface area contributed by atoms with E-state index in [4.69, 9.17) is 9.47 Å². The van der Waals surface area contributed by atoms with Crippen LogP contribution < -0.4 is 19.7 Å². The van der Waals surface area contributed by atoms with Crippen molar-refractivity contribution >= 4 is 11.8 Å². The highest BCUT2D eigenvalue weighted by molar-refractivity contribution is 5.45. The molecule has 1 N–H and O–H groups in total. The first-order valence-electron chi connectivity index (χ1n) is 9.04. The molecule has 0 bridgehead atoms. The lowest BCUT2D eigenvalue weighted by Crippen LogP contribution is -2.28. The van der Waals surface area contributed by atoms with Crippen LogP contribution in [0, 0.1) is 11.7 Å². The van der Waals surface area contributed by atoms with Gasteiger partial charge in [-0.3, -0.25) is 0 Å². The zero-order chi connectivity index (χ0) is 17.9. The lowest BCUT2D eigenvalue weighted by atomic mass is 9.96. The second-order valence-electron chi connectivity index (χ2n) is 6.80. The molecule has 26 heavy (non-hydrogen) atoms. The number of benzene rings is 1. The summed E-state index contributed by atoms with van der Waals surface area (Å²) in [6, 6.07) is 5.91. The van der Waals surface area contributed by atoms with Gasteiger partial charge in [-0.15, -0.1) is 0 Å². The van der Waals surface area contributed by atoms with Crippen LogP contribution in [-0.4, -0.2) is 43.3 Å². The standard InChI is InChI=1S/C19H23FN4O2/c1-25-15-5-4-14-8-13(12-26-17(14)9-15)10-21-19-22-11-16(20)18(23-19)24-6-2-3-7-24/h4-5,9,11,13H,2-3,6-8,10,12H2,1H3,(H,21,22,23)/t13-/m0/s1. The fraction of sp³-hybridized carbons (Fsp3) is 0.474. The van der Waals surface area contributed by atoms with Crippen molar-refractivity contribution in [3.05, 3.63) is 35.8 Å². The summed E-state index contributed by atoms with van der Waals surface area (Å²) in [6.45, 7) is 3.00. The molecule has 1 fully saturated rings. The summed E-state index contributed by atoms with van der Waals surface area (Å²) in [5.74, 6) is 2.50. The van der Waals surface area contributed by atoms with Crippen molar-refractivity contribution in [1.29, 1.82) is 0 Å². The number of aromatic nitrogens is 2. The van der Waals surface area contributed by atoms with Gasteiger partial charge in [0.15, 0.2) is 11.6 Å². The number of halogens is 1. The minimum absolute atomic E-state index is 0.305. The Morgan fingerprint density at radius 2 is 2.19 bits per heavy atom. The molecule has 4 rings (SSSR count). The molecule has 6 nitrogen and oxygen atoms in total. The fourth-order valence-electron chi connectivity index (χ4n) is 3.50. The number of hydrogen-bond acceptors (Lipinski definition) is 6. The van der Waals surface area contributed by atoms with Crippen LogP contribution in [0.3, 0.4) is 0 Å². The number of nitrogens with zero attached hydrogens (tertiary/aromatic N) is 3. The summed E-state index contributed by atoms with van der Waals surface area (Å²) in [6.07, 6.45) is 4.32. The Hall–Kier alpha value is -2.57. The number of rotatable bonds is 5. The van der Waals surface area contributed by atoms with Crippen molar-refractivity contribution in [2.45, 2.75) is 19.3 Å². The van der Waals surface area contributed by atoms with Gasteiger partial charge in [0.25, 0.3) is 0 Å². The molecule has 2 aliphatic heterocycles. The van der Waals surface area contributed by atoms with E-state index in [2.05, 4.69) is 15.3 Å². The normalized spacial score (nSPS) is 19.0. The zero-order valence-electron chi connectivity index (χ0n) is 14.9. The van der Waals surface area contributed by atoms with Gasteiger partial charge in [0.1, 0.15) is 11.5 Å². The molecular formula is C19H23FN4O2. The molecule has 0 radical (unpaired) electrons. The minimum atomic E-state index is -0.360. The fourth-order valence-corrected chi connectivity index (χ4v) is 3.50. The van der Waals surface area contributed by atoms with Crippen LogP contribution >= 0.6 is 0 Å². The Morgan fingerprint density at radius 1 is 1.35 bits per heavy atom. The molecule has 2 aliphatic rings. The van der Waals surface area contributed by atoms with E-state index >= 15 is 0 Å². The third-order valence-corrected chi connectivity index (χ3v) is 4.94. The monoisotopic (exact) mass is 358 g/mol. The maximum atomic E-state index is 14.0. The Morgan fingerprint density at radius 3 is 3.00 bits per heavy atom. The topological polar surface area (TPSA) is 59.5 Å². The Labute approximate surface area is 152 Å². The third kappa shape index (κ3) is 3.52. The SMILES string of the molecule is COc1ccc2c(c1)OC[C@H](CNc1ncc(F)c(N3CCCC3)n1)C2. The molecule has 3 heterocycles. The van der Waals surface area contributed by atoms with Crippen LogP contribution in [-0.2, 0) is 6.42 Å². The van der Waals surface area contributed by atoms with E-state index in [9.17, 15) is 4.39 Å². The molecule has 0 saturated carbocycles. The minimum Gasteiger partial charge on any atom is -0.497 e. The molecule has 1 aromatic heterocycles. The highest BCUT2D eigenvalue weighted by atomic mass is 19.1. The molecule has 1 aromatic carbocycles. The van der Waals surface area contributed by atoms with Crippen molar-refractivity contribution in [2.24, 2.45) is 5.92 Å². The van der Waals surface area contributed by atoms with Gasteiger partial charge in [0.2, 0.25) is 5.95 Å². The number of nitrogens with one attached hydrogen (secondary N) is 1. The van der Waals surface area contributed by atoms with Crippen molar-refractivity contribution in [3.63, 3.8) is 0 Å². The lowest BCUT2D eigenvalue weighted by Gasteiger charge is -2.26. The van der Waals surface area contributed by atoms with Crippen molar-refractivity contribution < 1.29 is 13.9 Å². The number of fused-ring (bicyclic) bond motifs is 1. The van der Waals surface area contributed by atoms with E-state index in [-0.39, 0.29) is 5.82 Å². The van der Waals surface area contributed by atoms with Gasteiger partial charge in [0.05, 0.1) is 19.9 Å². The third-order valence-electron chi connectivity index (χ3n) is 4.94. The van der Waals surface area contributed by atoms with Crippen molar-refractivity contribution in [2.75, 3.05) is 43.6 Å². The summed E-state index contributed by atoms with van der Waals surface area (Å²) in [7, 11) is 1.65. The Balaban J connectivity index is 1.39. The number of ether oxygens (including phenoxy) is 2. The van der Waals surface area contributed by atoms with E-state index in [0.717, 1.165) is 43.9 Å². The van der Waals surface area contributed by atoms with Gasteiger partial charge in [-0.1, -0.05) is 6.07 Å². The van der Waals surface area contributed by atoms with E-state index < -0.39 is 0 Å². The molecule has 7 heteroatoms. The average molecular weight is 358 g/mol. The number of hydrogen-bond donors (Lipinski definition) is 1. The zero-order valence-corrected chi connectivity index (χ0v) is 14.9. The maximum Gasteiger partial charge on any atom is 0.224 e. The summed E-state index contributed by atoms with van der Waals surface area (Å²) in [4.78, 5) is 10.4. The van der Waals surface area contributed by atoms with Crippen LogP contribution in [0.5, 0.6) is 11.5 Å². The van der Waals surface area contributed by atoms with E-state index in [1.54, 1.807) is 7.11 Å². The maximum absolute atomic E-state index is 14.0. The molecule has 0 amide bonds. The van der Waals surface area contributed by atoms with Crippen molar-refractivity contribution in [1.82, 2.24) is 9.97 Å². The molecule has 2 aromatic rings. The van der Waals surface area contributed by atoms with Gasteiger partial charge in [-0.2, -0.15) is 4.98 Å². The molecule has 138 valence electrons. The predicted octanol–water partition coefficient (Wildman–Crippen LogP) is 2.89. The second-order valence-corrected chi connectivity index (χ2v) is 6.80. The average Bonchev–Trinajstić information content (AvgIpc) is 3.21. The van der Waals surface area contributed by atoms with Crippen LogP contribution in [0.15, 0.2) is 24.4 Å². The molecule has 1 atom stereocenters. The smallest absolute Gasteiger partial charge is 0.224 e. The summed E-state index contributed by atoms with van der Waals surface area (Å²) in [5.41, 5.74) is 1.17. The van der Waals surface area contributed by atoms with Crippen LogP contribution in [0.25, 0.3) is 0 Å². The van der Waals surface area contributed by atoms with Gasteiger partial charge < -0.3 is 19.7 Å². The lowest BCUT2D eigenvalue weighted by molar-refractivity contribution is 0.228. The molecule has 0 aliphatic carbocycles.